The first-order chi connectivity index (χ1) is 8.08. The van der Waals surface area contributed by atoms with Crippen molar-refractivity contribution in [1.29, 1.82) is 0 Å². The molecular formula is C14H11ClO2. The summed E-state index contributed by atoms with van der Waals surface area (Å²) in [6.45, 7) is 1.95. The van der Waals surface area contributed by atoms with E-state index in [4.69, 9.17) is 16.7 Å². The topological polar surface area (TPSA) is 37.3 Å². The summed E-state index contributed by atoms with van der Waals surface area (Å²) in [5, 5.41) is 9.62. The van der Waals surface area contributed by atoms with E-state index in [1.807, 2.05) is 25.1 Å². The number of halogens is 1. The summed E-state index contributed by atoms with van der Waals surface area (Å²) in [5.74, 6) is -0.923. The van der Waals surface area contributed by atoms with Crippen molar-refractivity contribution >= 4 is 17.6 Å². The molecule has 0 aromatic heterocycles. The molecule has 1 N–H and O–H groups in total. The van der Waals surface area contributed by atoms with Gasteiger partial charge in [-0.25, -0.2) is 4.79 Å². The van der Waals surface area contributed by atoms with Crippen molar-refractivity contribution in [3.8, 4) is 11.1 Å². The van der Waals surface area contributed by atoms with Crippen LogP contribution in [0.1, 0.15) is 15.9 Å². The molecule has 0 unspecified atom stereocenters. The first-order valence-electron chi connectivity index (χ1n) is 5.18. The number of aryl methyl sites for hydroxylation is 1. The van der Waals surface area contributed by atoms with Crippen LogP contribution in [-0.2, 0) is 0 Å². The zero-order valence-electron chi connectivity index (χ0n) is 9.27. The van der Waals surface area contributed by atoms with Gasteiger partial charge < -0.3 is 5.11 Å². The summed E-state index contributed by atoms with van der Waals surface area (Å²) in [7, 11) is 0. The molecule has 2 aromatic rings. The predicted molar refractivity (Wildman–Crippen MR) is 68.6 cm³/mol. The van der Waals surface area contributed by atoms with Crippen molar-refractivity contribution in [3.05, 3.63) is 58.6 Å². The summed E-state index contributed by atoms with van der Waals surface area (Å²) in [6, 6.07) is 12.5. The molecule has 0 spiro atoms. The first kappa shape index (κ1) is 11.7. The van der Waals surface area contributed by atoms with Gasteiger partial charge in [-0.1, -0.05) is 29.8 Å². The minimum absolute atomic E-state index is 0.283. The zero-order chi connectivity index (χ0) is 12.4. The van der Waals surface area contributed by atoms with E-state index < -0.39 is 5.97 Å². The van der Waals surface area contributed by atoms with Crippen molar-refractivity contribution in [2.24, 2.45) is 0 Å². The van der Waals surface area contributed by atoms with E-state index in [2.05, 4.69) is 0 Å². The summed E-state index contributed by atoms with van der Waals surface area (Å²) >= 11 is 5.93. The molecular weight excluding hydrogens is 236 g/mol. The number of hydrogen-bond acceptors (Lipinski definition) is 1. The molecule has 86 valence electrons. The van der Waals surface area contributed by atoms with E-state index in [-0.39, 0.29) is 5.56 Å². The van der Waals surface area contributed by atoms with Crippen LogP contribution in [0.25, 0.3) is 11.1 Å². The second kappa shape index (κ2) is 4.60. The van der Waals surface area contributed by atoms with Crippen LogP contribution in [0.2, 0.25) is 5.02 Å². The third kappa shape index (κ3) is 2.48. The zero-order valence-corrected chi connectivity index (χ0v) is 10.0. The Morgan fingerprint density at radius 3 is 2.59 bits per heavy atom. The third-order valence-electron chi connectivity index (χ3n) is 2.62. The largest absolute Gasteiger partial charge is 0.478 e. The summed E-state index contributed by atoms with van der Waals surface area (Å²) in [6.07, 6.45) is 0. The van der Waals surface area contributed by atoms with E-state index in [9.17, 15) is 4.79 Å². The Labute approximate surface area is 104 Å². The van der Waals surface area contributed by atoms with Crippen molar-refractivity contribution in [1.82, 2.24) is 0 Å². The van der Waals surface area contributed by atoms with Crippen molar-refractivity contribution < 1.29 is 9.90 Å². The normalized spacial score (nSPS) is 10.2. The lowest BCUT2D eigenvalue weighted by Crippen LogP contribution is -1.97. The van der Waals surface area contributed by atoms with Gasteiger partial charge in [-0.05, 0) is 47.9 Å². The quantitative estimate of drug-likeness (QED) is 0.869. The van der Waals surface area contributed by atoms with Gasteiger partial charge in [-0.2, -0.15) is 0 Å². The van der Waals surface area contributed by atoms with Gasteiger partial charge in [0.05, 0.1) is 5.56 Å². The van der Waals surface area contributed by atoms with Crippen molar-refractivity contribution in [2.75, 3.05) is 0 Å². The van der Waals surface area contributed by atoms with Crippen molar-refractivity contribution in [3.63, 3.8) is 0 Å². The monoisotopic (exact) mass is 246 g/mol. The maximum Gasteiger partial charge on any atom is 0.335 e. The first-order valence-corrected chi connectivity index (χ1v) is 5.55. The molecule has 0 bridgehead atoms. The summed E-state index contributed by atoms with van der Waals surface area (Å²) in [5.41, 5.74) is 3.13. The molecule has 0 aliphatic carbocycles. The van der Waals surface area contributed by atoms with Crippen LogP contribution >= 0.6 is 11.6 Å². The van der Waals surface area contributed by atoms with E-state index in [0.717, 1.165) is 16.7 Å². The molecule has 0 aliphatic rings. The highest BCUT2D eigenvalue weighted by molar-refractivity contribution is 6.30. The number of carbonyl (C=O) groups is 1. The predicted octanol–water partition coefficient (Wildman–Crippen LogP) is 4.01. The lowest BCUT2D eigenvalue weighted by molar-refractivity contribution is 0.0697. The number of carboxylic acid groups (broad SMARTS) is 1. The molecule has 0 amide bonds. The third-order valence-corrected chi connectivity index (χ3v) is 2.86. The summed E-state index contributed by atoms with van der Waals surface area (Å²) in [4.78, 5) is 10.9. The molecule has 0 radical (unpaired) electrons. The second-order valence-corrected chi connectivity index (χ2v) is 4.28. The highest BCUT2D eigenvalue weighted by Crippen LogP contribution is 2.26. The molecule has 0 saturated heterocycles. The van der Waals surface area contributed by atoms with Gasteiger partial charge in [-0.15, -0.1) is 0 Å². The fraction of sp³-hybridized carbons (Fsp3) is 0.0714. The van der Waals surface area contributed by atoms with Crippen LogP contribution in [0.3, 0.4) is 0 Å². The van der Waals surface area contributed by atoms with Gasteiger partial charge in [0.2, 0.25) is 0 Å². The standard InChI is InChI=1S/C14H11ClO2/c1-9-5-6-11(14(16)17)8-13(9)10-3-2-4-12(15)7-10/h2-8H,1H3,(H,16,17). The van der Waals surface area contributed by atoms with Crippen LogP contribution < -0.4 is 0 Å². The Bertz CT molecular complexity index is 576. The minimum Gasteiger partial charge on any atom is -0.478 e. The average molecular weight is 247 g/mol. The molecule has 2 rings (SSSR count). The molecule has 0 saturated carbocycles. The Hall–Kier alpha value is -1.80. The number of rotatable bonds is 2. The molecule has 0 aliphatic heterocycles. The molecule has 0 atom stereocenters. The van der Waals surface area contributed by atoms with Crippen LogP contribution in [-0.4, -0.2) is 11.1 Å². The lowest BCUT2D eigenvalue weighted by Gasteiger charge is -2.07. The summed E-state index contributed by atoms with van der Waals surface area (Å²) < 4.78 is 0. The molecule has 17 heavy (non-hydrogen) atoms. The number of carboxylic acids is 1. The van der Waals surface area contributed by atoms with Crippen LogP contribution in [0, 0.1) is 6.92 Å². The molecule has 0 heterocycles. The number of benzene rings is 2. The van der Waals surface area contributed by atoms with E-state index in [1.165, 1.54) is 0 Å². The van der Waals surface area contributed by atoms with Gasteiger partial charge in [0.15, 0.2) is 0 Å². The van der Waals surface area contributed by atoms with Gasteiger partial charge in [0, 0.05) is 5.02 Å². The van der Waals surface area contributed by atoms with Crippen LogP contribution in [0.5, 0.6) is 0 Å². The Morgan fingerprint density at radius 2 is 1.94 bits per heavy atom. The van der Waals surface area contributed by atoms with Gasteiger partial charge in [0.1, 0.15) is 0 Å². The van der Waals surface area contributed by atoms with Gasteiger partial charge in [-0.3, -0.25) is 0 Å². The number of hydrogen-bond donors (Lipinski definition) is 1. The SMILES string of the molecule is Cc1ccc(C(=O)O)cc1-c1cccc(Cl)c1. The molecule has 2 aromatic carbocycles. The van der Waals surface area contributed by atoms with E-state index in [0.29, 0.717) is 5.02 Å². The maximum absolute atomic E-state index is 10.9. The van der Waals surface area contributed by atoms with E-state index >= 15 is 0 Å². The fourth-order valence-corrected chi connectivity index (χ4v) is 1.91. The van der Waals surface area contributed by atoms with Gasteiger partial charge >= 0.3 is 5.97 Å². The molecule has 3 heteroatoms. The van der Waals surface area contributed by atoms with Crippen molar-refractivity contribution in [2.45, 2.75) is 6.92 Å². The maximum atomic E-state index is 10.9. The molecule has 2 nitrogen and oxygen atoms in total. The smallest absolute Gasteiger partial charge is 0.335 e. The Kier molecular flexibility index (Phi) is 3.16. The number of aromatic carboxylic acids is 1. The Balaban J connectivity index is 2.58. The van der Waals surface area contributed by atoms with E-state index in [1.54, 1.807) is 24.3 Å². The average Bonchev–Trinajstić information content (AvgIpc) is 2.29. The highest BCUT2D eigenvalue weighted by Gasteiger charge is 2.08. The van der Waals surface area contributed by atoms with Gasteiger partial charge in [0.25, 0.3) is 0 Å². The molecule has 0 fully saturated rings. The second-order valence-electron chi connectivity index (χ2n) is 3.85. The minimum atomic E-state index is -0.923. The van der Waals surface area contributed by atoms with Crippen LogP contribution in [0.15, 0.2) is 42.5 Å². The fourth-order valence-electron chi connectivity index (χ4n) is 1.72. The Morgan fingerprint density at radius 1 is 1.18 bits per heavy atom. The lowest BCUT2D eigenvalue weighted by atomic mass is 9.98. The highest BCUT2D eigenvalue weighted by atomic mass is 35.5. The van der Waals surface area contributed by atoms with Crippen LogP contribution in [0.4, 0.5) is 0 Å².